The Labute approximate surface area is 111 Å². The van der Waals surface area contributed by atoms with Gasteiger partial charge in [-0.1, -0.05) is 0 Å². The third-order valence-corrected chi connectivity index (χ3v) is 3.44. The van der Waals surface area contributed by atoms with Gasteiger partial charge >= 0.3 is 5.97 Å². The fraction of sp³-hybridized carbons (Fsp3) is 0.429. The van der Waals surface area contributed by atoms with Crippen molar-refractivity contribution in [2.45, 2.75) is 20.3 Å². The van der Waals surface area contributed by atoms with Gasteiger partial charge in [0.2, 0.25) is 5.91 Å². The van der Waals surface area contributed by atoms with E-state index in [9.17, 15) is 9.59 Å². The molecule has 0 saturated heterocycles. The summed E-state index contributed by atoms with van der Waals surface area (Å²) in [5, 5.41) is 11.6. The van der Waals surface area contributed by atoms with Crippen molar-refractivity contribution in [3.63, 3.8) is 0 Å². The first kappa shape index (κ1) is 13.4. The first-order valence-electron chi connectivity index (χ1n) is 6.13. The van der Waals surface area contributed by atoms with Crippen LogP contribution in [0.1, 0.15) is 17.5 Å². The van der Waals surface area contributed by atoms with Crippen molar-refractivity contribution in [1.29, 1.82) is 0 Å². The Bertz CT molecular complexity index is 538. The lowest BCUT2D eigenvalue weighted by Crippen LogP contribution is -2.17. The van der Waals surface area contributed by atoms with Crippen molar-refractivity contribution in [2.75, 3.05) is 12.4 Å². The lowest BCUT2D eigenvalue weighted by molar-refractivity contribution is -0.139. The van der Waals surface area contributed by atoms with E-state index in [1.54, 1.807) is 7.11 Å². The first-order chi connectivity index (χ1) is 8.93. The predicted molar refractivity (Wildman–Crippen MR) is 70.3 cm³/mol. The molecule has 0 radical (unpaired) electrons. The lowest BCUT2D eigenvalue weighted by Gasteiger charge is -2.12. The minimum Gasteiger partial charge on any atom is -0.496 e. The highest BCUT2D eigenvalue weighted by molar-refractivity contribution is 5.98. The van der Waals surface area contributed by atoms with E-state index >= 15 is 0 Å². The van der Waals surface area contributed by atoms with Crippen molar-refractivity contribution in [2.24, 2.45) is 11.8 Å². The monoisotopic (exact) mass is 263 g/mol. The summed E-state index contributed by atoms with van der Waals surface area (Å²) in [7, 11) is 1.60. The molecule has 102 valence electrons. The van der Waals surface area contributed by atoms with Crippen molar-refractivity contribution < 1.29 is 19.4 Å². The minimum atomic E-state index is -0.900. The molecule has 5 heteroatoms. The second-order valence-corrected chi connectivity index (χ2v) is 4.91. The Morgan fingerprint density at radius 1 is 1.26 bits per heavy atom. The Balaban J connectivity index is 2.10. The maximum absolute atomic E-state index is 11.9. The number of carboxylic acid groups (broad SMARTS) is 1. The molecule has 2 rings (SSSR count). The van der Waals surface area contributed by atoms with Gasteiger partial charge in [0.05, 0.1) is 18.9 Å². The number of ether oxygens (including phenoxy) is 1. The van der Waals surface area contributed by atoms with Gasteiger partial charge in [-0.15, -0.1) is 0 Å². The van der Waals surface area contributed by atoms with Crippen LogP contribution in [0.2, 0.25) is 0 Å². The highest BCUT2D eigenvalue weighted by Crippen LogP contribution is 2.39. The molecular weight excluding hydrogens is 246 g/mol. The summed E-state index contributed by atoms with van der Waals surface area (Å²) in [6.45, 7) is 3.77. The van der Waals surface area contributed by atoms with Gasteiger partial charge in [0.1, 0.15) is 5.75 Å². The summed E-state index contributed by atoms with van der Waals surface area (Å²) < 4.78 is 5.20. The SMILES string of the molecule is COc1cc(C)c(NC(=O)C2CC2C(=O)O)cc1C. The largest absolute Gasteiger partial charge is 0.496 e. The Morgan fingerprint density at radius 2 is 1.95 bits per heavy atom. The Kier molecular flexibility index (Phi) is 3.46. The van der Waals surface area contributed by atoms with E-state index in [1.165, 1.54) is 0 Å². The average Bonchev–Trinajstić information content (AvgIpc) is 3.13. The van der Waals surface area contributed by atoms with E-state index in [0.717, 1.165) is 16.9 Å². The topological polar surface area (TPSA) is 75.6 Å². The number of rotatable bonds is 4. The molecule has 1 fully saturated rings. The van der Waals surface area contributed by atoms with Gasteiger partial charge in [0, 0.05) is 5.69 Å². The van der Waals surface area contributed by atoms with Gasteiger partial charge in [0.15, 0.2) is 0 Å². The fourth-order valence-electron chi connectivity index (χ4n) is 2.13. The maximum Gasteiger partial charge on any atom is 0.307 e. The van der Waals surface area contributed by atoms with E-state index < -0.39 is 17.8 Å². The molecule has 5 nitrogen and oxygen atoms in total. The number of hydrogen-bond donors (Lipinski definition) is 2. The van der Waals surface area contributed by atoms with Crippen molar-refractivity contribution in [3.8, 4) is 5.75 Å². The summed E-state index contributed by atoms with van der Waals surface area (Å²) in [6.07, 6.45) is 0.426. The molecule has 0 aliphatic heterocycles. The standard InChI is InChI=1S/C14H17NO4/c1-7-5-12(19-3)8(2)4-11(7)15-13(16)9-6-10(9)14(17)18/h4-5,9-10H,6H2,1-3H3,(H,15,16)(H,17,18). The van der Waals surface area contributed by atoms with Crippen molar-refractivity contribution in [3.05, 3.63) is 23.3 Å². The van der Waals surface area contributed by atoms with Gasteiger partial charge in [0.25, 0.3) is 0 Å². The van der Waals surface area contributed by atoms with Gasteiger partial charge in [-0.05, 0) is 43.5 Å². The predicted octanol–water partition coefficient (Wildman–Crippen LogP) is 1.97. The van der Waals surface area contributed by atoms with Crippen LogP contribution >= 0.6 is 0 Å². The zero-order valence-electron chi connectivity index (χ0n) is 11.2. The zero-order valence-corrected chi connectivity index (χ0v) is 11.2. The quantitative estimate of drug-likeness (QED) is 0.870. The third kappa shape index (κ3) is 2.70. The third-order valence-electron chi connectivity index (χ3n) is 3.44. The number of benzene rings is 1. The molecular formula is C14H17NO4. The van der Waals surface area contributed by atoms with Gasteiger partial charge in [-0.3, -0.25) is 9.59 Å². The average molecular weight is 263 g/mol. The molecule has 2 unspecified atom stereocenters. The number of methoxy groups -OCH3 is 1. The number of nitrogens with one attached hydrogen (secondary N) is 1. The molecule has 1 aliphatic carbocycles. The number of carbonyl (C=O) groups is 2. The molecule has 1 saturated carbocycles. The van der Waals surface area contributed by atoms with Crippen molar-refractivity contribution in [1.82, 2.24) is 0 Å². The molecule has 2 atom stereocenters. The van der Waals surface area contributed by atoms with Crippen LogP contribution < -0.4 is 10.1 Å². The highest BCUT2D eigenvalue weighted by atomic mass is 16.5. The molecule has 0 spiro atoms. The molecule has 0 bridgehead atoms. The van der Waals surface area contributed by atoms with Crippen LogP contribution in [0.5, 0.6) is 5.75 Å². The Hall–Kier alpha value is -2.04. The summed E-state index contributed by atoms with van der Waals surface area (Å²) in [5.74, 6) is -1.29. The molecule has 2 N–H and O–H groups in total. The van der Waals surface area contributed by atoms with E-state index in [-0.39, 0.29) is 5.91 Å². The summed E-state index contributed by atoms with van der Waals surface area (Å²) >= 11 is 0. The first-order valence-corrected chi connectivity index (χ1v) is 6.13. The number of aliphatic carboxylic acids is 1. The van der Waals surface area contributed by atoms with Crippen LogP contribution in [-0.2, 0) is 9.59 Å². The van der Waals surface area contributed by atoms with Crippen LogP contribution in [0.25, 0.3) is 0 Å². The molecule has 0 aromatic heterocycles. The summed E-state index contributed by atoms with van der Waals surface area (Å²) in [4.78, 5) is 22.6. The molecule has 1 aromatic carbocycles. The van der Waals surface area contributed by atoms with Crippen LogP contribution in [-0.4, -0.2) is 24.1 Å². The van der Waals surface area contributed by atoms with Gasteiger partial charge in [-0.25, -0.2) is 0 Å². The van der Waals surface area contributed by atoms with Gasteiger partial charge in [-0.2, -0.15) is 0 Å². The lowest BCUT2D eigenvalue weighted by atomic mass is 10.1. The number of amides is 1. The number of aryl methyl sites for hydroxylation is 2. The number of carbonyl (C=O) groups excluding carboxylic acids is 1. The number of anilines is 1. The summed E-state index contributed by atoms with van der Waals surface area (Å²) in [5.41, 5.74) is 2.52. The van der Waals surface area contributed by atoms with Crippen LogP contribution in [0.4, 0.5) is 5.69 Å². The van der Waals surface area contributed by atoms with Crippen LogP contribution in [0.15, 0.2) is 12.1 Å². The van der Waals surface area contributed by atoms with E-state index in [2.05, 4.69) is 5.32 Å². The summed E-state index contributed by atoms with van der Waals surface area (Å²) in [6, 6.07) is 3.69. The van der Waals surface area contributed by atoms with E-state index in [1.807, 2.05) is 26.0 Å². The van der Waals surface area contributed by atoms with Gasteiger partial charge < -0.3 is 15.2 Å². The molecule has 0 heterocycles. The highest BCUT2D eigenvalue weighted by Gasteiger charge is 2.48. The molecule has 1 amide bonds. The second-order valence-electron chi connectivity index (χ2n) is 4.91. The van der Waals surface area contributed by atoms with Crippen LogP contribution in [0.3, 0.4) is 0 Å². The molecule has 1 aromatic rings. The van der Waals surface area contributed by atoms with E-state index in [4.69, 9.17) is 9.84 Å². The number of hydrogen-bond acceptors (Lipinski definition) is 3. The minimum absolute atomic E-state index is 0.222. The molecule has 19 heavy (non-hydrogen) atoms. The van der Waals surface area contributed by atoms with Crippen LogP contribution in [0, 0.1) is 25.7 Å². The normalized spacial score (nSPS) is 20.8. The number of carboxylic acids is 1. The smallest absolute Gasteiger partial charge is 0.307 e. The van der Waals surface area contributed by atoms with E-state index in [0.29, 0.717) is 12.1 Å². The van der Waals surface area contributed by atoms with Crippen molar-refractivity contribution >= 4 is 17.6 Å². The fourth-order valence-corrected chi connectivity index (χ4v) is 2.13. The Morgan fingerprint density at radius 3 is 2.47 bits per heavy atom. The zero-order chi connectivity index (χ0) is 14.2. The molecule has 1 aliphatic rings. The maximum atomic E-state index is 11.9. The second kappa shape index (κ2) is 4.91.